The molecular weight excluding hydrogens is 204 g/mol. The summed E-state index contributed by atoms with van der Waals surface area (Å²) >= 11 is 0. The van der Waals surface area contributed by atoms with Crippen LogP contribution in [0.25, 0.3) is 0 Å². The van der Waals surface area contributed by atoms with E-state index in [0.29, 0.717) is 0 Å². The highest BCUT2D eigenvalue weighted by Crippen LogP contribution is 2.26. The first-order valence-electron chi connectivity index (χ1n) is 6.13. The van der Waals surface area contributed by atoms with E-state index in [0.717, 1.165) is 17.8 Å². The van der Waals surface area contributed by atoms with Gasteiger partial charge in [-0.25, -0.2) is 0 Å². The minimum Gasteiger partial charge on any atom is -0.0776 e. The molecule has 0 aliphatic carbocycles. The summed E-state index contributed by atoms with van der Waals surface area (Å²) < 4.78 is 0. The lowest BCUT2D eigenvalue weighted by Crippen LogP contribution is -2.09. The van der Waals surface area contributed by atoms with Crippen LogP contribution in [0.1, 0.15) is 96.4 Å². The van der Waals surface area contributed by atoms with E-state index in [-0.39, 0.29) is 29.7 Å². The fourth-order valence-corrected chi connectivity index (χ4v) is 2.19. The molecule has 0 N–H and O–H groups in total. The zero-order valence-corrected chi connectivity index (χ0v) is 10.3. The summed E-state index contributed by atoms with van der Waals surface area (Å²) in [5, 5.41) is 0. The molecule has 1 unspecified atom stereocenters. The van der Waals surface area contributed by atoms with Gasteiger partial charge in [0.05, 0.1) is 0 Å². The summed E-state index contributed by atoms with van der Waals surface area (Å²) in [7, 11) is 0. The zero-order valence-electron chi connectivity index (χ0n) is 10.3. The average Bonchev–Trinajstić information content (AvgIpc) is 2.11. The van der Waals surface area contributed by atoms with Crippen LogP contribution < -0.4 is 0 Å². The second-order valence-electron chi connectivity index (χ2n) is 4.82. The van der Waals surface area contributed by atoms with Crippen molar-refractivity contribution in [2.75, 3.05) is 0 Å². The summed E-state index contributed by atoms with van der Waals surface area (Å²) in [6, 6.07) is 0. The van der Waals surface area contributed by atoms with Crippen molar-refractivity contribution in [1.29, 1.82) is 0 Å². The Morgan fingerprint density at radius 1 is 0.588 bits per heavy atom. The van der Waals surface area contributed by atoms with Gasteiger partial charge in [0.25, 0.3) is 0 Å². The Labute approximate surface area is 115 Å². The topological polar surface area (TPSA) is 0 Å². The van der Waals surface area contributed by atoms with E-state index in [1.807, 2.05) is 0 Å². The molecular formula is C17H44. The minimum atomic E-state index is 0. The Morgan fingerprint density at radius 3 is 1.18 bits per heavy atom. The molecule has 0 heteroatoms. The molecule has 0 heterocycles. The highest BCUT2D eigenvalue weighted by atomic mass is 14.2. The Bertz CT molecular complexity index is 101. The van der Waals surface area contributed by atoms with Crippen LogP contribution in [0.4, 0.5) is 0 Å². The number of hydrogen-bond donors (Lipinski definition) is 0. The minimum absolute atomic E-state index is 0. The fourth-order valence-electron chi connectivity index (χ4n) is 2.19. The van der Waals surface area contributed by atoms with Gasteiger partial charge in [-0.15, -0.1) is 0 Å². The molecule has 0 aromatic heterocycles. The van der Waals surface area contributed by atoms with Crippen LogP contribution in [-0.2, 0) is 0 Å². The second kappa shape index (κ2) is 18.4. The lowest BCUT2D eigenvalue weighted by Gasteiger charge is -2.22. The van der Waals surface area contributed by atoms with Gasteiger partial charge >= 0.3 is 0 Å². The maximum absolute atomic E-state index is 2.34. The van der Waals surface area contributed by atoms with E-state index in [1.54, 1.807) is 0 Å². The van der Waals surface area contributed by atoms with Crippen molar-refractivity contribution in [2.24, 2.45) is 17.8 Å². The predicted octanol–water partition coefficient (Wildman–Crippen LogP) is 7.43. The van der Waals surface area contributed by atoms with Crippen LogP contribution >= 0.6 is 0 Å². The van der Waals surface area contributed by atoms with Gasteiger partial charge in [-0.1, -0.05) is 83.6 Å². The molecule has 0 bridgehead atoms. The molecule has 0 fully saturated rings. The molecule has 0 spiro atoms. The standard InChI is InChI=1S/C13H28.4CH4/c1-6-12(7-2)10-13(8-3)9-11(4)5;;;;/h11-13H,6-10H2,1-5H3;4*1H4. The Hall–Kier alpha value is 0. The van der Waals surface area contributed by atoms with E-state index in [9.17, 15) is 0 Å². The predicted molar refractivity (Wildman–Crippen MR) is 88.8 cm³/mol. The normalized spacial score (nSPS) is 10.8. The van der Waals surface area contributed by atoms with Crippen LogP contribution in [0, 0.1) is 17.8 Å². The lowest BCUT2D eigenvalue weighted by atomic mass is 9.84. The molecule has 0 aliphatic rings. The number of hydrogen-bond acceptors (Lipinski definition) is 0. The highest BCUT2D eigenvalue weighted by molar-refractivity contribution is 4.65. The highest BCUT2D eigenvalue weighted by Gasteiger charge is 2.13. The third kappa shape index (κ3) is 16.0. The molecule has 0 saturated carbocycles. The van der Waals surface area contributed by atoms with Crippen LogP contribution in [-0.4, -0.2) is 0 Å². The first kappa shape index (κ1) is 30.2. The molecule has 0 aromatic carbocycles. The third-order valence-corrected chi connectivity index (χ3v) is 3.20. The largest absolute Gasteiger partial charge is 0.0776 e. The molecule has 112 valence electrons. The van der Waals surface area contributed by atoms with Crippen molar-refractivity contribution in [3.8, 4) is 0 Å². The maximum atomic E-state index is 2.34. The molecule has 0 aromatic rings. The Balaban J connectivity index is -0.000000120. The summed E-state index contributed by atoms with van der Waals surface area (Å²) in [5.41, 5.74) is 0. The van der Waals surface area contributed by atoms with Crippen molar-refractivity contribution in [2.45, 2.75) is 96.4 Å². The second-order valence-corrected chi connectivity index (χ2v) is 4.82. The van der Waals surface area contributed by atoms with Gasteiger partial charge in [0.1, 0.15) is 0 Å². The van der Waals surface area contributed by atoms with E-state index < -0.39 is 0 Å². The van der Waals surface area contributed by atoms with Gasteiger partial charge in [0, 0.05) is 0 Å². The SMILES string of the molecule is C.C.C.C.CCC(CC)CC(CC)CC(C)C. The Morgan fingerprint density at radius 2 is 0.941 bits per heavy atom. The Kier molecular flexibility index (Phi) is 32.7. The number of rotatable bonds is 7. The van der Waals surface area contributed by atoms with Gasteiger partial charge in [-0.05, 0) is 30.6 Å². The third-order valence-electron chi connectivity index (χ3n) is 3.20. The van der Waals surface area contributed by atoms with Crippen molar-refractivity contribution >= 4 is 0 Å². The van der Waals surface area contributed by atoms with Crippen LogP contribution in [0.15, 0.2) is 0 Å². The van der Waals surface area contributed by atoms with Crippen LogP contribution in [0.2, 0.25) is 0 Å². The lowest BCUT2D eigenvalue weighted by molar-refractivity contribution is 0.302. The molecule has 1 atom stereocenters. The molecule has 0 saturated heterocycles. The molecule has 0 nitrogen and oxygen atoms in total. The van der Waals surface area contributed by atoms with E-state index >= 15 is 0 Å². The van der Waals surface area contributed by atoms with Crippen molar-refractivity contribution in [3.63, 3.8) is 0 Å². The molecule has 17 heavy (non-hydrogen) atoms. The van der Waals surface area contributed by atoms with E-state index in [2.05, 4.69) is 34.6 Å². The van der Waals surface area contributed by atoms with Crippen molar-refractivity contribution < 1.29 is 0 Å². The van der Waals surface area contributed by atoms with Gasteiger partial charge in [0.2, 0.25) is 0 Å². The summed E-state index contributed by atoms with van der Waals surface area (Å²) in [5.74, 6) is 2.83. The van der Waals surface area contributed by atoms with Crippen molar-refractivity contribution in [3.05, 3.63) is 0 Å². The smallest absolute Gasteiger partial charge is 0.0412 e. The van der Waals surface area contributed by atoms with Gasteiger partial charge in [-0.3, -0.25) is 0 Å². The molecule has 0 amide bonds. The summed E-state index contributed by atoms with van der Waals surface area (Å²) in [4.78, 5) is 0. The maximum Gasteiger partial charge on any atom is -0.0412 e. The first-order valence-corrected chi connectivity index (χ1v) is 6.13. The summed E-state index contributed by atoms with van der Waals surface area (Å²) in [6.45, 7) is 11.7. The quantitative estimate of drug-likeness (QED) is 0.439. The van der Waals surface area contributed by atoms with E-state index in [4.69, 9.17) is 0 Å². The first-order chi connectivity index (χ1) is 6.13. The monoisotopic (exact) mass is 248 g/mol. The van der Waals surface area contributed by atoms with Crippen molar-refractivity contribution in [1.82, 2.24) is 0 Å². The van der Waals surface area contributed by atoms with Crippen LogP contribution in [0.3, 0.4) is 0 Å². The van der Waals surface area contributed by atoms with Gasteiger partial charge < -0.3 is 0 Å². The van der Waals surface area contributed by atoms with E-state index in [1.165, 1.54) is 32.1 Å². The molecule has 0 radical (unpaired) electrons. The fraction of sp³-hybridized carbons (Fsp3) is 1.00. The molecule has 0 aliphatic heterocycles. The average molecular weight is 249 g/mol. The summed E-state index contributed by atoms with van der Waals surface area (Å²) in [6.07, 6.45) is 6.99. The van der Waals surface area contributed by atoms with Crippen LogP contribution in [0.5, 0.6) is 0 Å². The molecule has 0 rings (SSSR count). The van der Waals surface area contributed by atoms with Gasteiger partial charge in [0.15, 0.2) is 0 Å². The van der Waals surface area contributed by atoms with Gasteiger partial charge in [-0.2, -0.15) is 0 Å². The zero-order chi connectivity index (χ0) is 10.3.